The maximum absolute atomic E-state index is 12.7. The SMILES string of the molecule is COc1ccc(C(c2ccccc2)(c2ccc(OC)cc2)C(O)[C@H]2O[C@@H](n3cnc4c(=O)[nH]c(NC(C)=O)nc43)[C@H](O)[C@@H]2O)cc1. The number of aromatic amines is 1. The standard InChI is InChI=1S/C33H33N5O8/c1-18(39)35-32-36-29-24(30(43)37-32)34-17-38(29)31-26(41)25(40)27(46-31)28(42)33(19-7-5-4-6-8-19,20-9-13-22(44-2)14-10-20)21-11-15-23(45-3)16-12-21/h4-17,25-28,31,40-42H,1-3H3,(H2,35,36,37,39,43)/t25-,26+,27-,28?,31+/m0/s1. The first-order chi connectivity index (χ1) is 22.2. The molecule has 1 amide bonds. The third-order valence-corrected chi connectivity index (χ3v) is 8.35. The van der Waals surface area contributed by atoms with Crippen LogP contribution in [0.5, 0.6) is 11.5 Å². The lowest BCUT2D eigenvalue weighted by Gasteiger charge is -2.42. The lowest BCUT2D eigenvalue weighted by Crippen LogP contribution is -2.52. The number of methoxy groups -OCH3 is 2. The number of amides is 1. The quantitative estimate of drug-likeness (QED) is 0.152. The molecule has 2 aromatic heterocycles. The first-order valence-corrected chi connectivity index (χ1v) is 14.5. The molecule has 13 nitrogen and oxygen atoms in total. The summed E-state index contributed by atoms with van der Waals surface area (Å²) in [4.78, 5) is 35.2. The third-order valence-electron chi connectivity index (χ3n) is 8.35. The second kappa shape index (κ2) is 12.4. The molecule has 0 radical (unpaired) electrons. The van der Waals surface area contributed by atoms with Crippen molar-refractivity contribution in [1.82, 2.24) is 19.5 Å². The normalized spacial score (nSPS) is 20.4. The molecule has 1 aliphatic rings. The van der Waals surface area contributed by atoms with Gasteiger partial charge in [-0.15, -0.1) is 0 Å². The van der Waals surface area contributed by atoms with E-state index in [1.165, 1.54) is 17.8 Å². The number of rotatable bonds is 9. The summed E-state index contributed by atoms with van der Waals surface area (Å²) in [5.74, 6) is 0.628. The fourth-order valence-electron chi connectivity index (χ4n) is 6.18. The van der Waals surface area contributed by atoms with Crippen LogP contribution in [0.25, 0.3) is 11.2 Å². The van der Waals surface area contributed by atoms with Gasteiger partial charge < -0.3 is 29.5 Å². The van der Waals surface area contributed by atoms with Crippen molar-refractivity contribution < 1.29 is 34.3 Å². The summed E-state index contributed by atoms with van der Waals surface area (Å²) in [5.41, 5.74) is -0.0336. The van der Waals surface area contributed by atoms with Gasteiger partial charge in [-0.2, -0.15) is 4.98 Å². The lowest BCUT2D eigenvalue weighted by atomic mass is 9.64. The number of H-pyrrole nitrogens is 1. The Kier molecular flexibility index (Phi) is 8.32. The van der Waals surface area contributed by atoms with Gasteiger partial charge in [-0.3, -0.25) is 24.5 Å². The number of nitrogens with one attached hydrogen (secondary N) is 2. The minimum absolute atomic E-state index is 0.00137. The van der Waals surface area contributed by atoms with Crippen molar-refractivity contribution >= 4 is 23.0 Å². The molecule has 3 aromatic carbocycles. The van der Waals surface area contributed by atoms with Gasteiger partial charge in [0.25, 0.3) is 5.56 Å². The van der Waals surface area contributed by atoms with Crippen molar-refractivity contribution in [2.75, 3.05) is 19.5 Å². The summed E-state index contributed by atoms with van der Waals surface area (Å²) in [7, 11) is 3.12. The summed E-state index contributed by atoms with van der Waals surface area (Å²) in [6.45, 7) is 1.26. The second-order valence-electron chi connectivity index (χ2n) is 11.0. The monoisotopic (exact) mass is 627 g/mol. The molecule has 13 heteroatoms. The molecule has 0 saturated carbocycles. The zero-order valence-corrected chi connectivity index (χ0v) is 25.2. The molecular formula is C33H33N5O8. The van der Waals surface area contributed by atoms with Crippen LogP contribution in [0.4, 0.5) is 5.95 Å². The van der Waals surface area contributed by atoms with E-state index in [-0.39, 0.29) is 17.1 Å². The van der Waals surface area contributed by atoms with Crippen molar-refractivity contribution in [1.29, 1.82) is 0 Å². The minimum Gasteiger partial charge on any atom is -0.497 e. The highest BCUT2D eigenvalue weighted by molar-refractivity contribution is 5.87. The zero-order valence-electron chi connectivity index (χ0n) is 25.2. The van der Waals surface area contributed by atoms with Crippen LogP contribution in [0.15, 0.2) is 90.0 Å². The first kappa shape index (κ1) is 30.9. The number of anilines is 1. The molecule has 1 unspecified atom stereocenters. The van der Waals surface area contributed by atoms with Crippen LogP contribution in [-0.4, -0.2) is 79.4 Å². The van der Waals surface area contributed by atoms with Crippen LogP contribution in [-0.2, 0) is 14.9 Å². The van der Waals surface area contributed by atoms with Gasteiger partial charge in [0, 0.05) is 6.92 Å². The smallest absolute Gasteiger partial charge is 0.280 e. The van der Waals surface area contributed by atoms with Crippen molar-refractivity contribution in [2.45, 2.75) is 43.0 Å². The topological polar surface area (TPSA) is 181 Å². The van der Waals surface area contributed by atoms with Crippen molar-refractivity contribution in [2.24, 2.45) is 0 Å². The summed E-state index contributed by atoms with van der Waals surface area (Å²) >= 11 is 0. The second-order valence-corrected chi connectivity index (χ2v) is 11.0. The van der Waals surface area contributed by atoms with Gasteiger partial charge in [0.05, 0.1) is 26.0 Å². The molecule has 1 aliphatic heterocycles. The van der Waals surface area contributed by atoms with E-state index in [2.05, 4.69) is 20.3 Å². The van der Waals surface area contributed by atoms with Crippen LogP contribution in [0.3, 0.4) is 0 Å². The van der Waals surface area contributed by atoms with Gasteiger partial charge in [0.2, 0.25) is 11.9 Å². The van der Waals surface area contributed by atoms with E-state index in [9.17, 15) is 24.9 Å². The van der Waals surface area contributed by atoms with E-state index >= 15 is 0 Å². The third kappa shape index (κ3) is 5.18. The maximum Gasteiger partial charge on any atom is 0.280 e. The molecule has 6 rings (SSSR count). The summed E-state index contributed by atoms with van der Waals surface area (Å²) in [6.07, 6.45) is -6.07. The number of carbonyl (C=O) groups is 1. The van der Waals surface area contributed by atoms with Gasteiger partial charge in [0.1, 0.15) is 35.9 Å². The van der Waals surface area contributed by atoms with Crippen LogP contribution >= 0.6 is 0 Å². The number of nitrogens with zero attached hydrogens (tertiary/aromatic N) is 3. The molecule has 1 fully saturated rings. The van der Waals surface area contributed by atoms with Crippen LogP contribution in [0.2, 0.25) is 0 Å². The van der Waals surface area contributed by atoms with Gasteiger partial charge in [-0.25, -0.2) is 4.98 Å². The molecule has 46 heavy (non-hydrogen) atoms. The number of aromatic nitrogens is 4. The fraction of sp³-hybridized carbons (Fsp3) is 0.273. The largest absolute Gasteiger partial charge is 0.497 e. The highest BCUT2D eigenvalue weighted by Crippen LogP contribution is 2.47. The number of aliphatic hydroxyl groups is 3. The Morgan fingerprint density at radius 2 is 1.50 bits per heavy atom. The summed E-state index contributed by atoms with van der Waals surface area (Å²) < 4.78 is 18.4. The number of carbonyl (C=O) groups excluding carboxylic acids is 1. The molecule has 238 valence electrons. The zero-order chi connectivity index (χ0) is 32.6. The van der Waals surface area contributed by atoms with Gasteiger partial charge in [-0.1, -0.05) is 54.6 Å². The summed E-state index contributed by atoms with van der Waals surface area (Å²) in [6, 6.07) is 23.7. The number of benzene rings is 3. The molecule has 5 atom stereocenters. The van der Waals surface area contributed by atoms with Gasteiger partial charge in [0.15, 0.2) is 17.4 Å². The van der Waals surface area contributed by atoms with Crippen LogP contribution in [0, 0.1) is 0 Å². The number of ether oxygens (including phenoxy) is 3. The molecule has 1 saturated heterocycles. The number of aliphatic hydroxyl groups excluding tert-OH is 3. The minimum atomic E-state index is -1.59. The fourth-order valence-corrected chi connectivity index (χ4v) is 6.18. The Morgan fingerprint density at radius 3 is 2.04 bits per heavy atom. The Hall–Kier alpha value is -5.08. The predicted molar refractivity (Wildman–Crippen MR) is 167 cm³/mol. The predicted octanol–water partition coefficient (Wildman–Crippen LogP) is 2.11. The molecular weight excluding hydrogens is 594 g/mol. The molecule has 0 aliphatic carbocycles. The number of hydrogen-bond donors (Lipinski definition) is 5. The highest BCUT2D eigenvalue weighted by atomic mass is 16.6. The molecule has 3 heterocycles. The van der Waals surface area contributed by atoms with Crippen molar-refractivity contribution in [3.05, 3.63) is 112 Å². The molecule has 0 bridgehead atoms. The average Bonchev–Trinajstić information content (AvgIpc) is 3.62. The highest BCUT2D eigenvalue weighted by Gasteiger charge is 2.55. The Morgan fingerprint density at radius 1 is 0.935 bits per heavy atom. The van der Waals surface area contributed by atoms with E-state index < -0.39 is 47.5 Å². The number of hydrogen-bond acceptors (Lipinski definition) is 10. The molecule has 5 N–H and O–H groups in total. The van der Waals surface area contributed by atoms with Crippen LogP contribution in [0.1, 0.15) is 29.8 Å². The van der Waals surface area contributed by atoms with E-state index in [4.69, 9.17) is 14.2 Å². The van der Waals surface area contributed by atoms with E-state index in [1.54, 1.807) is 38.5 Å². The number of fused-ring (bicyclic) bond motifs is 1. The number of imidazole rings is 1. The Balaban J connectivity index is 1.50. The summed E-state index contributed by atoms with van der Waals surface area (Å²) in [5, 5.41) is 37.9. The Bertz CT molecular complexity index is 1840. The van der Waals surface area contributed by atoms with Gasteiger partial charge >= 0.3 is 0 Å². The Labute approximate surface area is 263 Å². The lowest BCUT2D eigenvalue weighted by molar-refractivity contribution is -0.114. The molecule has 0 spiro atoms. The maximum atomic E-state index is 12.7. The van der Waals surface area contributed by atoms with E-state index in [1.807, 2.05) is 54.6 Å². The van der Waals surface area contributed by atoms with Crippen molar-refractivity contribution in [3.8, 4) is 11.5 Å². The van der Waals surface area contributed by atoms with Crippen LogP contribution < -0.4 is 20.3 Å². The molecule has 5 aromatic rings. The van der Waals surface area contributed by atoms with Crippen molar-refractivity contribution in [3.63, 3.8) is 0 Å². The van der Waals surface area contributed by atoms with E-state index in [0.29, 0.717) is 28.2 Å². The van der Waals surface area contributed by atoms with Gasteiger partial charge in [-0.05, 0) is 41.0 Å². The first-order valence-electron chi connectivity index (χ1n) is 14.5. The average molecular weight is 628 g/mol. The van der Waals surface area contributed by atoms with E-state index in [0.717, 1.165) is 0 Å².